The van der Waals surface area contributed by atoms with Crippen molar-refractivity contribution >= 4 is 5.78 Å². The van der Waals surface area contributed by atoms with Gasteiger partial charge in [-0.15, -0.1) is 0 Å². The first-order chi connectivity index (χ1) is 9.26. The number of hydrogen-bond acceptors (Lipinski definition) is 5. The molecule has 1 aliphatic rings. The highest BCUT2D eigenvalue weighted by Crippen LogP contribution is 2.32. The van der Waals surface area contributed by atoms with Crippen LogP contribution in [-0.4, -0.2) is 36.9 Å². The predicted octanol–water partition coefficient (Wildman–Crippen LogP) is 1.35. The van der Waals surface area contributed by atoms with E-state index in [1.54, 1.807) is 18.2 Å². The third kappa shape index (κ3) is 3.24. The van der Waals surface area contributed by atoms with Crippen LogP contribution >= 0.6 is 0 Å². The van der Waals surface area contributed by atoms with Crippen LogP contribution in [0.1, 0.15) is 30.1 Å². The number of aliphatic hydroxyl groups is 1. The van der Waals surface area contributed by atoms with Crippen LogP contribution < -0.4 is 14.8 Å². The second-order valence-electron chi connectivity index (χ2n) is 4.41. The highest BCUT2D eigenvalue weighted by Gasteiger charge is 2.21. The number of aliphatic hydroxyl groups excluding tert-OH is 1. The molecule has 1 aliphatic heterocycles. The fourth-order valence-corrected chi connectivity index (χ4v) is 2.12. The molecule has 5 heteroatoms. The zero-order valence-electron chi connectivity index (χ0n) is 11.0. The van der Waals surface area contributed by atoms with Gasteiger partial charge in [0.05, 0.1) is 6.04 Å². The number of hydrogen-bond donors (Lipinski definition) is 2. The normalized spacial score (nSPS) is 14.4. The number of fused-ring (bicyclic) bond motifs is 1. The number of rotatable bonds is 7. The molecule has 0 fully saturated rings. The van der Waals surface area contributed by atoms with Crippen LogP contribution in [0.2, 0.25) is 0 Å². The molecule has 0 spiro atoms. The van der Waals surface area contributed by atoms with Crippen molar-refractivity contribution in [1.29, 1.82) is 0 Å². The Labute approximate surface area is 112 Å². The summed E-state index contributed by atoms with van der Waals surface area (Å²) in [6.45, 7) is 2.97. The lowest BCUT2D eigenvalue weighted by Gasteiger charge is -2.16. The summed E-state index contributed by atoms with van der Waals surface area (Å²) in [5.41, 5.74) is 0.605. The van der Waals surface area contributed by atoms with Gasteiger partial charge < -0.3 is 19.9 Å². The van der Waals surface area contributed by atoms with Crippen molar-refractivity contribution in [3.63, 3.8) is 0 Å². The van der Waals surface area contributed by atoms with Gasteiger partial charge in [-0.25, -0.2) is 0 Å². The smallest absolute Gasteiger partial charge is 0.231 e. The molecule has 0 saturated carbocycles. The van der Waals surface area contributed by atoms with Crippen molar-refractivity contribution in [3.8, 4) is 11.5 Å². The number of likely N-dealkylation sites (N-methyl/N-ethyl adjacent to an activating group) is 1. The summed E-state index contributed by atoms with van der Waals surface area (Å²) < 4.78 is 10.5. The maximum absolute atomic E-state index is 12.4. The summed E-state index contributed by atoms with van der Waals surface area (Å²) in [4.78, 5) is 12.4. The van der Waals surface area contributed by atoms with Gasteiger partial charge in [-0.1, -0.05) is 6.92 Å². The lowest BCUT2D eigenvalue weighted by Crippen LogP contribution is -2.36. The minimum Gasteiger partial charge on any atom is -0.454 e. The van der Waals surface area contributed by atoms with Crippen molar-refractivity contribution in [2.75, 3.05) is 19.9 Å². The van der Waals surface area contributed by atoms with Gasteiger partial charge in [0, 0.05) is 12.2 Å². The molecule has 1 unspecified atom stereocenters. The number of ketones is 1. The van der Waals surface area contributed by atoms with Gasteiger partial charge in [0.25, 0.3) is 0 Å². The van der Waals surface area contributed by atoms with E-state index in [1.807, 2.05) is 6.92 Å². The standard InChI is InChI=1S/C14H19NO4/c1-2-15-11(4-3-7-16)14(17)10-5-6-12-13(8-10)19-9-18-12/h5-6,8,11,15-16H,2-4,7,9H2,1H3. The number of benzene rings is 1. The first kappa shape index (κ1) is 13.8. The fourth-order valence-electron chi connectivity index (χ4n) is 2.12. The maximum Gasteiger partial charge on any atom is 0.231 e. The molecule has 5 nitrogen and oxygen atoms in total. The number of carbonyl (C=O) groups is 1. The SMILES string of the molecule is CCNC(CCCO)C(=O)c1ccc2c(c1)OCO2. The third-order valence-corrected chi connectivity index (χ3v) is 3.08. The summed E-state index contributed by atoms with van der Waals surface area (Å²) in [6, 6.07) is 4.95. The Kier molecular flexibility index (Phi) is 4.76. The third-order valence-electron chi connectivity index (χ3n) is 3.08. The molecule has 1 heterocycles. The first-order valence-corrected chi connectivity index (χ1v) is 6.54. The van der Waals surface area contributed by atoms with Crippen molar-refractivity contribution in [2.24, 2.45) is 0 Å². The first-order valence-electron chi connectivity index (χ1n) is 6.54. The zero-order chi connectivity index (χ0) is 13.7. The van der Waals surface area contributed by atoms with E-state index >= 15 is 0 Å². The van der Waals surface area contributed by atoms with Crippen LogP contribution in [0.3, 0.4) is 0 Å². The molecule has 19 heavy (non-hydrogen) atoms. The maximum atomic E-state index is 12.4. The van der Waals surface area contributed by atoms with E-state index in [9.17, 15) is 4.79 Å². The molecule has 0 aliphatic carbocycles. The van der Waals surface area contributed by atoms with Gasteiger partial charge in [0.1, 0.15) is 0 Å². The van der Waals surface area contributed by atoms with Crippen LogP contribution in [0.5, 0.6) is 11.5 Å². The van der Waals surface area contributed by atoms with Gasteiger partial charge in [-0.05, 0) is 37.6 Å². The number of Topliss-reactive ketones (excluding diaryl/α,β-unsaturated/α-hetero) is 1. The number of carbonyl (C=O) groups excluding carboxylic acids is 1. The summed E-state index contributed by atoms with van der Waals surface area (Å²) in [6.07, 6.45) is 1.23. The molecule has 104 valence electrons. The average molecular weight is 265 g/mol. The Balaban J connectivity index is 2.11. The van der Waals surface area contributed by atoms with Crippen LogP contribution in [0, 0.1) is 0 Å². The van der Waals surface area contributed by atoms with Gasteiger partial charge >= 0.3 is 0 Å². The van der Waals surface area contributed by atoms with Crippen LogP contribution in [0.4, 0.5) is 0 Å². The van der Waals surface area contributed by atoms with Crippen molar-refractivity contribution in [1.82, 2.24) is 5.32 Å². The monoisotopic (exact) mass is 265 g/mol. The number of nitrogens with one attached hydrogen (secondary N) is 1. The highest BCUT2D eigenvalue weighted by molar-refractivity contribution is 6.00. The largest absolute Gasteiger partial charge is 0.454 e. The minimum absolute atomic E-state index is 0.0219. The Bertz CT molecular complexity index is 447. The summed E-state index contributed by atoms with van der Waals surface area (Å²) in [7, 11) is 0. The van der Waals surface area contributed by atoms with E-state index in [0.717, 1.165) is 0 Å². The Morgan fingerprint density at radius 1 is 1.42 bits per heavy atom. The van der Waals surface area contributed by atoms with Crippen LogP contribution in [0.15, 0.2) is 18.2 Å². The van der Waals surface area contributed by atoms with Crippen LogP contribution in [-0.2, 0) is 0 Å². The van der Waals surface area contributed by atoms with E-state index < -0.39 is 0 Å². The van der Waals surface area contributed by atoms with Crippen molar-refractivity contribution in [3.05, 3.63) is 23.8 Å². The van der Waals surface area contributed by atoms with Gasteiger partial charge in [0.15, 0.2) is 17.3 Å². The molecule has 0 aromatic heterocycles. The van der Waals surface area contributed by atoms with E-state index in [-0.39, 0.29) is 25.2 Å². The van der Waals surface area contributed by atoms with E-state index in [0.29, 0.717) is 36.4 Å². The van der Waals surface area contributed by atoms with Crippen molar-refractivity contribution < 1.29 is 19.4 Å². The summed E-state index contributed by atoms with van der Waals surface area (Å²) in [5, 5.41) is 12.0. The summed E-state index contributed by atoms with van der Waals surface area (Å²) >= 11 is 0. The van der Waals surface area contributed by atoms with E-state index in [4.69, 9.17) is 14.6 Å². The molecule has 0 radical (unpaired) electrons. The fraction of sp³-hybridized carbons (Fsp3) is 0.500. The van der Waals surface area contributed by atoms with E-state index in [1.165, 1.54) is 0 Å². The Morgan fingerprint density at radius 2 is 2.21 bits per heavy atom. The zero-order valence-corrected chi connectivity index (χ0v) is 11.0. The molecular weight excluding hydrogens is 246 g/mol. The number of ether oxygens (including phenoxy) is 2. The average Bonchev–Trinajstić information content (AvgIpc) is 2.90. The van der Waals surface area contributed by atoms with Gasteiger partial charge in [0.2, 0.25) is 6.79 Å². The second-order valence-corrected chi connectivity index (χ2v) is 4.41. The quantitative estimate of drug-likeness (QED) is 0.728. The lowest BCUT2D eigenvalue weighted by molar-refractivity contribution is 0.0934. The topological polar surface area (TPSA) is 67.8 Å². The highest BCUT2D eigenvalue weighted by atomic mass is 16.7. The molecular formula is C14H19NO4. The molecule has 2 rings (SSSR count). The molecule has 0 bridgehead atoms. The summed E-state index contributed by atoms with van der Waals surface area (Å²) in [5.74, 6) is 1.31. The molecule has 1 atom stereocenters. The molecule has 1 aromatic rings. The minimum atomic E-state index is -0.266. The van der Waals surface area contributed by atoms with Crippen LogP contribution in [0.25, 0.3) is 0 Å². The second kappa shape index (κ2) is 6.54. The molecule has 2 N–H and O–H groups in total. The lowest BCUT2D eigenvalue weighted by atomic mass is 10.00. The Morgan fingerprint density at radius 3 is 2.95 bits per heavy atom. The molecule has 1 aromatic carbocycles. The van der Waals surface area contributed by atoms with E-state index in [2.05, 4.69) is 5.32 Å². The predicted molar refractivity (Wildman–Crippen MR) is 70.7 cm³/mol. The van der Waals surface area contributed by atoms with Gasteiger partial charge in [-0.2, -0.15) is 0 Å². The molecule has 0 saturated heterocycles. The van der Waals surface area contributed by atoms with Gasteiger partial charge in [-0.3, -0.25) is 4.79 Å². The Hall–Kier alpha value is -1.59. The molecule has 0 amide bonds. The van der Waals surface area contributed by atoms with Crippen molar-refractivity contribution in [2.45, 2.75) is 25.8 Å².